The van der Waals surface area contributed by atoms with Gasteiger partial charge >= 0.3 is 0 Å². The van der Waals surface area contributed by atoms with Crippen molar-refractivity contribution in [1.29, 1.82) is 0 Å². The van der Waals surface area contributed by atoms with Gasteiger partial charge in [0.25, 0.3) is 0 Å². The number of hydrogen-bond acceptors (Lipinski definition) is 2. The molecule has 0 amide bonds. The van der Waals surface area contributed by atoms with E-state index in [9.17, 15) is 0 Å². The van der Waals surface area contributed by atoms with Crippen LogP contribution in [0, 0.1) is 0 Å². The molecule has 0 aromatic heterocycles. The van der Waals surface area contributed by atoms with Gasteiger partial charge in [-0.15, -0.1) is 0 Å². The van der Waals surface area contributed by atoms with E-state index in [1.54, 1.807) is 7.11 Å². The van der Waals surface area contributed by atoms with Crippen LogP contribution in [0.15, 0.2) is 0 Å². The summed E-state index contributed by atoms with van der Waals surface area (Å²) in [7, 11) is 1.77. The molecule has 1 unspecified atom stereocenters. The summed E-state index contributed by atoms with van der Waals surface area (Å²) in [6.45, 7) is 4.43. The van der Waals surface area contributed by atoms with E-state index in [0.717, 1.165) is 6.61 Å². The molecule has 1 rings (SSSR count). The molecule has 1 heterocycles. The molecule has 2 nitrogen and oxygen atoms in total. The molecular formula is C10H21NO. The minimum atomic E-state index is 0.400. The highest BCUT2D eigenvalue weighted by atomic mass is 16.5. The van der Waals surface area contributed by atoms with Crippen molar-refractivity contribution in [3.05, 3.63) is 0 Å². The lowest BCUT2D eigenvalue weighted by atomic mass is 9.87. The van der Waals surface area contributed by atoms with Crippen molar-refractivity contribution in [2.45, 2.75) is 44.6 Å². The summed E-state index contributed by atoms with van der Waals surface area (Å²) in [5.41, 5.74) is 0.400. The molecule has 0 aromatic rings. The molecular weight excluding hydrogens is 150 g/mol. The van der Waals surface area contributed by atoms with Crippen molar-refractivity contribution in [3.63, 3.8) is 0 Å². The number of hydrogen-bond donors (Lipinski definition) is 1. The molecule has 2 heteroatoms. The molecule has 0 aliphatic carbocycles. The molecule has 0 aromatic carbocycles. The van der Waals surface area contributed by atoms with Crippen LogP contribution in [0.5, 0.6) is 0 Å². The van der Waals surface area contributed by atoms with Gasteiger partial charge in [-0.1, -0.05) is 6.42 Å². The van der Waals surface area contributed by atoms with Gasteiger partial charge in [-0.25, -0.2) is 0 Å². The highest BCUT2D eigenvalue weighted by Crippen LogP contribution is 2.23. The van der Waals surface area contributed by atoms with E-state index in [2.05, 4.69) is 12.2 Å². The number of rotatable bonds is 4. The first-order valence-corrected chi connectivity index (χ1v) is 5.01. The Hall–Kier alpha value is -0.0800. The van der Waals surface area contributed by atoms with E-state index < -0.39 is 0 Å². The summed E-state index contributed by atoms with van der Waals surface area (Å²) < 4.78 is 5.05. The fourth-order valence-electron chi connectivity index (χ4n) is 1.94. The summed E-state index contributed by atoms with van der Waals surface area (Å²) in [5.74, 6) is 0. The predicted molar refractivity (Wildman–Crippen MR) is 51.4 cm³/mol. The lowest BCUT2D eigenvalue weighted by Gasteiger charge is -2.35. The Labute approximate surface area is 75.7 Å². The van der Waals surface area contributed by atoms with E-state index in [0.29, 0.717) is 5.54 Å². The third-order valence-electron chi connectivity index (χ3n) is 2.78. The molecule has 72 valence electrons. The van der Waals surface area contributed by atoms with Crippen molar-refractivity contribution in [2.75, 3.05) is 20.3 Å². The second-order valence-electron chi connectivity index (χ2n) is 4.04. The molecule has 1 saturated heterocycles. The van der Waals surface area contributed by atoms with Gasteiger partial charge in [0.2, 0.25) is 0 Å². The maximum absolute atomic E-state index is 5.05. The summed E-state index contributed by atoms with van der Waals surface area (Å²) in [6, 6.07) is 0. The smallest absolute Gasteiger partial charge is 0.0462 e. The van der Waals surface area contributed by atoms with Crippen molar-refractivity contribution < 1.29 is 4.74 Å². The molecule has 1 atom stereocenters. The monoisotopic (exact) mass is 171 g/mol. The first-order chi connectivity index (χ1) is 5.77. The van der Waals surface area contributed by atoms with Crippen LogP contribution in [0.2, 0.25) is 0 Å². The van der Waals surface area contributed by atoms with E-state index in [-0.39, 0.29) is 0 Å². The maximum atomic E-state index is 5.05. The Balaban J connectivity index is 2.17. The molecule has 0 bridgehead atoms. The van der Waals surface area contributed by atoms with Gasteiger partial charge in [0, 0.05) is 19.3 Å². The predicted octanol–water partition coefficient (Wildman–Crippen LogP) is 1.95. The SMILES string of the molecule is COCCCC1(C)CCCCN1. The van der Waals surface area contributed by atoms with Gasteiger partial charge in [0.05, 0.1) is 0 Å². The Morgan fingerprint density at radius 3 is 2.83 bits per heavy atom. The van der Waals surface area contributed by atoms with Crippen LogP contribution >= 0.6 is 0 Å². The summed E-state index contributed by atoms with van der Waals surface area (Å²) >= 11 is 0. The Morgan fingerprint density at radius 1 is 1.42 bits per heavy atom. The summed E-state index contributed by atoms with van der Waals surface area (Å²) in [4.78, 5) is 0. The third kappa shape index (κ3) is 3.11. The lowest BCUT2D eigenvalue weighted by molar-refractivity contribution is 0.170. The quantitative estimate of drug-likeness (QED) is 0.653. The van der Waals surface area contributed by atoms with Gasteiger partial charge in [-0.2, -0.15) is 0 Å². The summed E-state index contributed by atoms with van der Waals surface area (Å²) in [6.07, 6.45) is 6.49. The van der Waals surface area contributed by atoms with E-state index in [1.807, 2.05) is 0 Å². The number of piperidine rings is 1. The van der Waals surface area contributed by atoms with E-state index in [1.165, 1.54) is 38.6 Å². The van der Waals surface area contributed by atoms with Crippen LogP contribution in [-0.2, 0) is 4.74 Å². The molecule has 0 saturated carbocycles. The van der Waals surface area contributed by atoms with Crippen molar-refractivity contribution >= 4 is 0 Å². The fourth-order valence-corrected chi connectivity index (χ4v) is 1.94. The molecule has 1 N–H and O–H groups in total. The fraction of sp³-hybridized carbons (Fsp3) is 1.00. The molecule has 0 spiro atoms. The topological polar surface area (TPSA) is 21.3 Å². The molecule has 1 aliphatic rings. The van der Waals surface area contributed by atoms with Crippen LogP contribution in [0.4, 0.5) is 0 Å². The van der Waals surface area contributed by atoms with Crippen LogP contribution in [0.1, 0.15) is 39.0 Å². The Kier molecular flexibility index (Phi) is 4.02. The molecule has 1 fully saturated rings. The zero-order valence-electron chi connectivity index (χ0n) is 8.36. The molecule has 12 heavy (non-hydrogen) atoms. The molecule has 1 aliphatic heterocycles. The van der Waals surface area contributed by atoms with Crippen LogP contribution in [0.25, 0.3) is 0 Å². The number of ether oxygens (including phenoxy) is 1. The zero-order chi connectivity index (χ0) is 8.86. The average molecular weight is 171 g/mol. The van der Waals surface area contributed by atoms with Crippen molar-refractivity contribution in [3.8, 4) is 0 Å². The Bertz CT molecular complexity index is 119. The lowest BCUT2D eigenvalue weighted by Crippen LogP contribution is -2.45. The van der Waals surface area contributed by atoms with Gasteiger partial charge in [-0.3, -0.25) is 0 Å². The second-order valence-corrected chi connectivity index (χ2v) is 4.04. The summed E-state index contributed by atoms with van der Waals surface area (Å²) in [5, 5.41) is 3.60. The largest absolute Gasteiger partial charge is 0.385 e. The zero-order valence-corrected chi connectivity index (χ0v) is 8.36. The third-order valence-corrected chi connectivity index (χ3v) is 2.78. The van der Waals surface area contributed by atoms with Gasteiger partial charge in [0.1, 0.15) is 0 Å². The van der Waals surface area contributed by atoms with Crippen molar-refractivity contribution in [1.82, 2.24) is 5.32 Å². The normalized spacial score (nSPS) is 30.5. The Morgan fingerprint density at radius 2 is 2.25 bits per heavy atom. The van der Waals surface area contributed by atoms with Gasteiger partial charge in [-0.05, 0) is 39.2 Å². The minimum absolute atomic E-state index is 0.400. The van der Waals surface area contributed by atoms with Crippen LogP contribution < -0.4 is 5.32 Å². The second kappa shape index (κ2) is 4.83. The first kappa shape index (κ1) is 10.0. The molecule has 0 radical (unpaired) electrons. The average Bonchev–Trinajstić information content (AvgIpc) is 2.06. The highest BCUT2D eigenvalue weighted by molar-refractivity contribution is 4.85. The van der Waals surface area contributed by atoms with Crippen molar-refractivity contribution in [2.24, 2.45) is 0 Å². The van der Waals surface area contributed by atoms with Gasteiger partial charge in [0.15, 0.2) is 0 Å². The first-order valence-electron chi connectivity index (χ1n) is 5.01. The van der Waals surface area contributed by atoms with Gasteiger partial charge < -0.3 is 10.1 Å². The van der Waals surface area contributed by atoms with E-state index >= 15 is 0 Å². The minimum Gasteiger partial charge on any atom is -0.385 e. The van der Waals surface area contributed by atoms with Crippen LogP contribution in [0.3, 0.4) is 0 Å². The standard InChI is InChI=1S/C10H21NO/c1-10(7-5-9-12-2)6-3-4-8-11-10/h11H,3-9H2,1-2H3. The highest BCUT2D eigenvalue weighted by Gasteiger charge is 2.24. The maximum Gasteiger partial charge on any atom is 0.0462 e. The number of nitrogens with one attached hydrogen (secondary N) is 1. The van der Waals surface area contributed by atoms with E-state index in [4.69, 9.17) is 4.74 Å². The number of methoxy groups -OCH3 is 1. The van der Waals surface area contributed by atoms with Crippen LogP contribution in [-0.4, -0.2) is 25.8 Å².